The minimum absolute atomic E-state index is 0.0281. The first-order valence-corrected chi connectivity index (χ1v) is 14.1. The number of hydrogen-bond acceptors (Lipinski definition) is 5. The maximum Gasteiger partial charge on any atom is 0.223 e. The number of Topliss-reactive ketones (excluding diaryl/α,β-unsaturated/α-hetero) is 1. The molecule has 0 aromatic heterocycles. The van der Waals surface area contributed by atoms with Crippen LogP contribution in [0.2, 0.25) is 0 Å². The average molecular weight is 544 g/mol. The maximum atomic E-state index is 13.9. The highest BCUT2D eigenvalue weighted by atomic mass is 16.3. The summed E-state index contributed by atoms with van der Waals surface area (Å²) in [6.07, 6.45) is 7.44. The zero-order valence-electron chi connectivity index (χ0n) is 23.3. The molecule has 3 atom stereocenters. The maximum absolute atomic E-state index is 13.9. The molecule has 0 saturated carbocycles. The van der Waals surface area contributed by atoms with Crippen molar-refractivity contribution in [3.05, 3.63) is 89.0 Å². The van der Waals surface area contributed by atoms with Gasteiger partial charge in [-0.2, -0.15) is 0 Å². The summed E-state index contributed by atoms with van der Waals surface area (Å²) in [7, 11) is 0. The number of amides is 1. The predicted molar refractivity (Wildman–Crippen MR) is 158 cm³/mol. The van der Waals surface area contributed by atoms with Gasteiger partial charge in [0.25, 0.3) is 0 Å². The van der Waals surface area contributed by atoms with Crippen molar-refractivity contribution < 1.29 is 14.7 Å². The predicted octanol–water partition coefficient (Wildman–Crippen LogP) is 3.98. The van der Waals surface area contributed by atoms with Gasteiger partial charge in [0.2, 0.25) is 5.91 Å². The van der Waals surface area contributed by atoms with Crippen LogP contribution in [0.1, 0.15) is 56.2 Å². The molecule has 212 valence electrons. The third kappa shape index (κ3) is 7.82. The Morgan fingerprint density at radius 3 is 2.52 bits per heavy atom. The number of hydrogen-bond donors (Lipinski definition) is 4. The number of carbonyl (C=O) groups is 2. The molecule has 40 heavy (non-hydrogen) atoms. The Morgan fingerprint density at radius 1 is 1.07 bits per heavy atom. The van der Waals surface area contributed by atoms with Crippen LogP contribution in [0.25, 0.3) is 0 Å². The molecule has 1 amide bonds. The standard InChI is InChI=1S/C32H41N5O3/c1-22-7-5-10-26-20-37(21-28(22)26)30(24-8-3-2-4-9-24)29(39)17-14-25(11-6-18-35-32(33)34)31(40)36-19-23-12-15-27(38)16-13-23/h2-5,8-10,12-13,15-16,22,25,30,38H,6-7,11,14,17-21H2,1H3,(H,36,40)(H4,33,34,35)/t22?,25-,30-/m0/s1. The van der Waals surface area contributed by atoms with E-state index in [1.54, 1.807) is 24.3 Å². The fourth-order valence-corrected chi connectivity index (χ4v) is 5.66. The molecule has 0 spiro atoms. The number of nitrogens with one attached hydrogen (secondary N) is 1. The number of phenolic OH excluding ortho intramolecular Hbond substituents is 1. The fourth-order valence-electron chi connectivity index (χ4n) is 5.66. The zero-order valence-corrected chi connectivity index (χ0v) is 23.3. The number of benzene rings is 2. The van der Waals surface area contributed by atoms with Crippen LogP contribution in [0.15, 0.2) is 82.9 Å². The number of guanidine groups is 1. The van der Waals surface area contributed by atoms with Crippen LogP contribution >= 0.6 is 0 Å². The third-order valence-electron chi connectivity index (χ3n) is 7.87. The molecule has 0 radical (unpaired) electrons. The first-order chi connectivity index (χ1) is 19.3. The Hall–Kier alpha value is -3.91. The van der Waals surface area contributed by atoms with Crippen molar-refractivity contribution >= 4 is 17.6 Å². The molecular weight excluding hydrogens is 502 g/mol. The summed E-state index contributed by atoms with van der Waals surface area (Å²) in [4.78, 5) is 33.5. The summed E-state index contributed by atoms with van der Waals surface area (Å²) in [5, 5.41) is 12.5. The van der Waals surface area contributed by atoms with E-state index in [2.05, 4.69) is 34.3 Å². The summed E-state index contributed by atoms with van der Waals surface area (Å²) in [6.45, 7) is 4.59. The molecule has 1 aliphatic heterocycles. The van der Waals surface area contributed by atoms with Gasteiger partial charge in [0, 0.05) is 38.5 Å². The van der Waals surface area contributed by atoms with Gasteiger partial charge in [-0.1, -0.05) is 61.5 Å². The van der Waals surface area contributed by atoms with Crippen molar-refractivity contribution in [3.8, 4) is 5.75 Å². The monoisotopic (exact) mass is 543 g/mol. The van der Waals surface area contributed by atoms with Gasteiger partial charge < -0.3 is 21.9 Å². The van der Waals surface area contributed by atoms with Crippen LogP contribution in [-0.2, 0) is 16.1 Å². The smallest absolute Gasteiger partial charge is 0.223 e. The van der Waals surface area contributed by atoms with Crippen LogP contribution in [0.5, 0.6) is 5.75 Å². The summed E-state index contributed by atoms with van der Waals surface area (Å²) in [5.74, 6) is 0.379. The van der Waals surface area contributed by atoms with Crippen LogP contribution in [-0.4, -0.2) is 47.3 Å². The Balaban J connectivity index is 1.44. The van der Waals surface area contributed by atoms with Crippen LogP contribution < -0.4 is 16.8 Å². The number of rotatable bonds is 13. The largest absolute Gasteiger partial charge is 0.508 e. The van der Waals surface area contributed by atoms with Crippen molar-refractivity contribution in [1.82, 2.24) is 10.2 Å². The molecule has 4 rings (SSSR count). The molecule has 2 aromatic rings. The van der Waals surface area contributed by atoms with E-state index in [4.69, 9.17) is 11.5 Å². The topological polar surface area (TPSA) is 134 Å². The third-order valence-corrected chi connectivity index (χ3v) is 7.87. The van der Waals surface area contributed by atoms with Gasteiger partial charge in [-0.3, -0.25) is 19.5 Å². The second-order valence-electron chi connectivity index (χ2n) is 10.8. The van der Waals surface area contributed by atoms with Crippen molar-refractivity contribution in [2.45, 2.75) is 51.6 Å². The lowest BCUT2D eigenvalue weighted by atomic mass is 9.90. The van der Waals surface area contributed by atoms with Crippen LogP contribution in [0.3, 0.4) is 0 Å². The molecule has 6 N–H and O–H groups in total. The second kappa shape index (κ2) is 13.9. The Kier molecular flexibility index (Phi) is 10.1. The van der Waals surface area contributed by atoms with Crippen molar-refractivity contribution in [1.29, 1.82) is 0 Å². The fraction of sp³-hybridized carbons (Fsp3) is 0.406. The van der Waals surface area contributed by atoms with Gasteiger partial charge in [-0.25, -0.2) is 0 Å². The number of allylic oxidation sites excluding steroid dienone is 1. The molecule has 0 bridgehead atoms. The normalized spacial score (nSPS) is 18.2. The van der Waals surface area contributed by atoms with Gasteiger partial charge >= 0.3 is 0 Å². The molecular formula is C32H41N5O3. The van der Waals surface area contributed by atoms with E-state index < -0.39 is 0 Å². The van der Waals surface area contributed by atoms with Gasteiger partial charge in [-0.05, 0) is 66.0 Å². The SMILES string of the molecule is CC1CC=CC2=C1CN([C@H](C(=O)CC[C@H](CCCN=C(N)N)C(=O)NCc1ccc(O)cc1)c1ccccc1)C2. The van der Waals surface area contributed by atoms with Crippen molar-refractivity contribution in [3.63, 3.8) is 0 Å². The summed E-state index contributed by atoms with van der Waals surface area (Å²) in [5.41, 5.74) is 15.6. The van der Waals surface area contributed by atoms with Crippen molar-refractivity contribution in [2.24, 2.45) is 28.3 Å². The zero-order chi connectivity index (χ0) is 28.5. The van der Waals surface area contributed by atoms with Crippen LogP contribution in [0, 0.1) is 11.8 Å². The Bertz CT molecular complexity index is 1250. The summed E-state index contributed by atoms with van der Waals surface area (Å²) < 4.78 is 0. The minimum Gasteiger partial charge on any atom is -0.508 e. The van der Waals surface area contributed by atoms with E-state index in [-0.39, 0.29) is 35.4 Å². The van der Waals surface area contributed by atoms with Gasteiger partial charge in [0.1, 0.15) is 5.75 Å². The number of aliphatic imine (C=N–C) groups is 1. The van der Waals surface area contributed by atoms with E-state index >= 15 is 0 Å². The van der Waals surface area contributed by atoms with E-state index in [1.165, 1.54) is 11.1 Å². The van der Waals surface area contributed by atoms with Crippen molar-refractivity contribution in [2.75, 3.05) is 19.6 Å². The van der Waals surface area contributed by atoms with E-state index in [1.807, 2.05) is 30.3 Å². The molecule has 8 nitrogen and oxygen atoms in total. The molecule has 1 unspecified atom stereocenters. The molecule has 2 aliphatic rings. The number of nitrogens with two attached hydrogens (primary N) is 2. The first-order valence-electron chi connectivity index (χ1n) is 14.1. The lowest BCUT2D eigenvalue weighted by Gasteiger charge is -2.28. The van der Waals surface area contributed by atoms with E-state index in [9.17, 15) is 14.7 Å². The Labute approximate surface area is 236 Å². The number of aromatic hydroxyl groups is 1. The molecule has 0 fully saturated rings. The second-order valence-corrected chi connectivity index (χ2v) is 10.8. The highest BCUT2D eigenvalue weighted by Gasteiger charge is 2.35. The number of nitrogens with zero attached hydrogens (tertiary/aromatic N) is 2. The van der Waals surface area contributed by atoms with Gasteiger partial charge in [0.05, 0.1) is 6.04 Å². The van der Waals surface area contributed by atoms with Crippen LogP contribution in [0.4, 0.5) is 0 Å². The highest BCUT2D eigenvalue weighted by molar-refractivity contribution is 5.86. The number of ketones is 1. The van der Waals surface area contributed by atoms with E-state index in [0.29, 0.717) is 44.7 Å². The summed E-state index contributed by atoms with van der Waals surface area (Å²) in [6, 6.07) is 16.4. The lowest BCUT2D eigenvalue weighted by molar-refractivity contribution is -0.127. The quantitative estimate of drug-likeness (QED) is 0.172. The highest BCUT2D eigenvalue weighted by Crippen LogP contribution is 2.36. The molecule has 1 aliphatic carbocycles. The molecule has 1 heterocycles. The lowest BCUT2D eigenvalue weighted by Crippen LogP contribution is -2.35. The van der Waals surface area contributed by atoms with Gasteiger partial charge in [0.15, 0.2) is 11.7 Å². The average Bonchev–Trinajstić information content (AvgIpc) is 3.38. The molecule has 2 aromatic carbocycles. The number of phenols is 1. The minimum atomic E-state index is -0.352. The number of carbonyl (C=O) groups excluding carboxylic acids is 2. The molecule has 8 heteroatoms. The molecule has 0 saturated heterocycles. The van der Waals surface area contributed by atoms with Gasteiger partial charge in [-0.15, -0.1) is 0 Å². The first kappa shape index (κ1) is 29.1. The summed E-state index contributed by atoms with van der Waals surface area (Å²) >= 11 is 0. The Morgan fingerprint density at radius 2 is 1.82 bits per heavy atom. The van der Waals surface area contributed by atoms with E-state index in [0.717, 1.165) is 30.6 Å².